The summed E-state index contributed by atoms with van der Waals surface area (Å²) in [7, 11) is 1.79. The molecular formula is C19H28N4OS. The zero-order valence-corrected chi connectivity index (χ0v) is 16.2. The van der Waals surface area contributed by atoms with Gasteiger partial charge in [0.15, 0.2) is 5.96 Å². The SMILES string of the molecule is CCOc1ccccc1CNC(=NC)NCCCCc1nc(C)cs1. The van der Waals surface area contributed by atoms with Gasteiger partial charge in [-0.05, 0) is 39.2 Å². The fourth-order valence-electron chi connectivity index (χ4n) is 2.47. The standard InChI is InChI=1S/C19H28N4OS/c1-4-24-17-10-6-5-9-16(17)13-22-19(20-3)21-12-8-7-11-18-23-15(2)14-25-18/h5-6,9-10,14H,4,7-8,11-13H2,1-3H3,(H2,20,21,22). The molecule has 0 saturated carbocycles. The zero-order chi connectivity index (χ0) is 17.9. The number of aliphatic imine (C=N–C) groups is 1. The second-order valence-electron chi connectivity index (χ2n) is 5.73. The van der Waals surface area contributed by atoms with Gasteiger partial charge in [0, 0.05) is 36.8 Å². The van der Waals surface area contributed by atoms with Crippen LogP contribution in [0, 0.1) is 6.92 Å². The van der Waals surface area contributed by atoms with Gasteiger partial charge in [-0.1, -0.05) is 18.2 Å². The number of guanidine groups is 1. The minimum atomic E-state index is 0.669. The minimum Gasteiger partial charge on any atom is -0.494 e. The van der Waals surface area contributed by atoms with Crippen LogP contribution in [0.4, 0.5) is 0 Å². The number of benzene rings is 1. The van der Waals surface area contributed by atoms with Crippen LogP contribution in [0.3, 0.4) is 0 Å². The maximum absolute atomic E-state index is 5.65. The summed E-state index contributed by atoms with van der Waals surface area (Å²) in [6.07, 6.45) is 3.27. The van der Waals surface area contributed by atoms with Crippen molar-refractivity contribution in [3.05, 3.63) is 45.9 Å². The van der Waals surface area contributed by atoms with E-state index >= 15 is 0 Å². The van der Waals surface area contributed by atoms with Gasteiger partial charge in [0.25, 0.3) is 0 Å². The highest BCUT2D eigenvalue weighted by Crippen LogP contribution is 2.17. The van der Waals surface area contributed by atoms with Gasteiger partial charge in [0.2, 0.25) is 0 Å². The van der Waals surface area contributed by atoms with Crippen molar-refractivity contribution in [2.24, 2.45) is 4.99 Å². The number of hydrogen-bond donors (Lipinski definition) is 2. The first-order valence-electron chi connectivity index (χ1n) is 8.79. The number of hydrogen-bond acceptors (Lipinski definition) is 4. The average Bonchev–Trinajstić information content (AvgIpc) is 3.04. The lowest BCUT2D eigenvalue weighted by Crippen LogP contribution is -2.37. The molecule has 2 rings (SSSR count). The Morgan fingerprint density at radius 3 is 2.80 bits per heavy atom. The molecule has 1 aromatic carbocycles. The Labute approximate surface area is 154 Å². The van der Waals surface area contributed by atoms with Crippen LogP contribution in [-0.4, -0.2) is 31.1 Å². The van der Waals surface area contributed by atoms with E-state index in [0.717, 1.165) is 48.8 Å². The fraction of sp³-hybridized carbons (Fsp3) is 0.474. The van der Waals surface area contributed by atoms with Gasteiger partial charge in [-0.15, -0.1) is 11.3 Å². The van der Waals surface area contributed by atoms with Crippen molar-refractivity contribution >= 4 is 17.3 Å². The molecule has 0 atom stereocenters. The second-order valence-corrected chi connectivity index (χ2v) is 6.68. The molecule has 2 aromatic rings. The summed E-state index contributed by atoms with van der Waals surface area (Å²) < 4.78 is 5.65. The molecule has 0 radical (unpaired) electrons. The van der Waals surface area contributed by atoms with E-state index in [-0.39, 0.29) is 0 Å². The number of thiazole rings is 1. The first-order valence-corrected chi connectivity index (χ1v) is 9.67. The van der Waals surface area contributed by atoms with Crippen molar-refractivity contribution in [1.82, 2.24) is 15.6 Å². The number of rotatable bonds is 9. The Balaban J connectivity index is 1.68. The van der Waals surface area contributed by atoms with Crippen LogP contribution in [0.25, 0.3) is 0 Å². The third kappa shape index (κ3) is 6.74. The lowest BCUT2D eigenvalue weighted by atomic mass is 10.2. The highest BCUT2D eigenvalue weighted by atomic mass is 32.1. The molecule has 25 heavy (non-hydrogen) atoms. The smallest absolute Gasteiger partial charge is 0.191 e. The Bertz CT molecular complexity index is 669. The number of aromatic nitrogens is 1. The molecule has 0 spiro atoms. The van der Waals surface area contributed by atoms with E-state index in [1.54, 1.807) is 18.4 Å². The van der Waals surface area contributed by atoms with Crippen molar-refractivity contribution in [3.63, 3.8) is 0 Å². The van der Waals surface area contributed by atoms with Gasteiger partial charge in [-0.2, -0.15) is 0 Å². The first kappa shape index (κ1) is 19.2. The lowest BCUT2D eigenvalue weighted by Gasteiger charge is -2.14. The molecule has 0 amide bonds. The molecule has 0 aliphatic rings. The van der Waals surface area contributed by atoms with Gasteiger partial charge in [0.1, 0.15) is 5.75 Å². The second kappa shape index (κ2) is 10.7. The molecule has 0 bridgehead atoms. The molecule has 0 saturated heterocycles. The van der Waals surface area contributed by atoms with Gasteiger partial charge in [-0.3, -0.25) is 4.99 Å². The Morgan fingerprint density at radius 1 is 1.24 bits per heavy atom. The summed E-state index contributed by atoms with van der Waals surface area (Å²) >= 11 is 1.75. The van der Waals surface area contributed by atoms with Gasteiger partial charge >= 0.3 is 0 Å². The van der Waals surface area contributed by atoms with Crippen LogP contribution in [0.5, 0.6) is 5.75 Å². The van der Waals surface area contributed by atoms with Gasteiger partial charge in [-0.25, -0.2) is 4.98 Å². The molecule has 5 nitrogen and oxygen atoms in total. The lowest BCUT2D eigenvalue weighted by molar-refractivity contribution is 0.336. The third-order valence-corrected chi connectivity index (χ3v) is 4.75. The van der Waals surface area contributed by atoms with E-state index in [2.05, 4.69) is 32.1 Å². The predicted molar refractivity (Wildman–Crippen MR) is 106 cm³/mol. The van der Waals surface area contributed by atoms with Gasteiger partial charge < -0.3 is 15.4 Å². The van der Waals surface area contributed by atoms with Crippen LogP contribution in [0.1, 0.15) is 36.0 Å². The average molecular weight is 361 g/mol. The summed E-state index contributed by atoms with van der Waals surface area (Å²) in [6, 6.07) is 8.08. The van der Waals surface area contributed by atoms with E-state index in [1.807, 2.05) is 32.0 Å². The molecular weight excluding hydrogens is 332 g/mol. The monoisotopic (exact) mass is 360 g/mol. The minimum absolute atomic E-state index is 0.669. The molecule has 0 aliphatic carbocycles. The van der Waals surface area contributed by atoms with Crippen LogP contribution in [0.15, 0.2) is 34.6 Å². The predicted octanol–water partition coefficient (Wildman–Crippen LogP) is 3.54. The largest absolute Gasteiger partial charge is 0.494 e. The van der Waals surface area contributed by atoms with Crippen molar-refractivity contribution in [2.45, 2.75) is 39.7 Å². The van der Waals surface area contributed by atoms with E-state index in [4.69, 9.17) is 4.74 Å². The van der Waals surface area contributed by atoms with E-state index < -0.39 is 0 Å². The van der Waals surface area contributed by atoms with E-state index in [9.17, 15) is 0 Å². The van der Waals surface area contributed by atoms with Crippen LogP contribution < -0.4 is 15.4 Å². The van der Waals surface area contributed by atoms with Crippen LogP contribution in [0.2, 0.25) is 0 Å². The number of para-hydroxylation sites is 1. The van der Waals surface area contributed by atoms with Crippen LogP contribution in [-0.2, 0) is 13.0 Å². The third-order valence-electron chi connectivity index (χ3n) is 3.72. The van der Waals surface area contributed by atoms with Gasteiger partial charge in [0.05, 0.1) is 11.6 Å². The number of nitrogens with one attached hydrogen (secondary N) is 2. The Hall–Kier alpha value is -2.08. The zero-order valence-electron chi connectivity index (χ0n) is 15.3. The summed E-state index contributed by atoms with van der Waals surface area (Å²) in [6.45, 7) is 6.30. The Kier molecular flexibility index (Phi) is 8.25. The number of ether oxygens (including phenoxy) is 1. The topological polar surface area (TPSA) is 58.5 Å². The molecule has 1 aromatic heterocycles. The summed E-state index contributed by atoms with van der Waals surface area (Å²) in [5.41, 5.74) is 2.25. The molecule has 2 N–H and O–H groups in total. The maximum atomic E-state index is 5.65. The fourth-order valence-corrected chi connectivity index (χ4v) is 3.29. The van der Waals surface area contributed by atoms with Crippen molar-refractivity contribution < 1.29 is 4.74 Å². The summed E-state index contributed by atoms with van der Waals surface area (Å²) in [5, 5.41) is 10.0. The summed E-state index contributed by atoms with van der Waals surface area (Å²) in [4.78, 5) is 8.78. The first-order chi connectivity index (χ1) is 12.2. The number of unbranched alkanes of at least 4 members (excludes halogenated alkanes) is 1. The Morgan fingerprint density at radius 2 is 2.08 bits per heavy atom. The van der Waals surface area contributed by atoms with E-state index in [1.165, 1.54) is 5.01 Å². The molecule has 136 valence electrons. The number of aryl methyl sites for hydroxylation is 2. The quantitative estimate of drug-likeness (QED) is 0.408. The summed E-state index contributed by atoms with van der Waals surface area (Å²) in [5.74, 6) is 1.74. The van der Waals surface area contributed by atoms with Crippen LogP contribution >= 0.6 is 11.3 Å². The number of nitrogens with zero attached hydrogens (tertiary/aromatic N) is 2. The molecule has 1 heterocycles. The highest BCUT2D eigenvalue weighted by Gasteiger charge is 2.04. The molecule has 0 aliphatic heterocycles. The normalized spacial score (nSPS) is 11.4. The molecule has 6 heteroatoms. The van der Waals surface area contributed by atoms with Crippen molar-refractivity contribution in [2.75, 3.05) is 20.2 Å². The molecule has 0 fully saturated rings. The molecule has 0 unspecified atom stereocenters. The highest BCUT2D eigenvalue weighted by molar-refractivity contribution is 7.09. The maximum Gasteiger partial charge on any atom is 0.191 e. The van der Waals surface area contributed by atoms with Crippen molar-refractivity contribution in [3.8, 4) is 5.75 Å². The van der Waals surface area contributed by atoms with E-state index in [0.29, 0.717) is 13.2 Å². The van der Waals surface area contributed by atoms with Crippen molar-refractivity contribution in [1.29, 1.82) is 0 Å².